The largest absolute Gasteiger partial charge is 0.480 e. The minimum atomic E-state index is -3.97. The van der Waals surface area contributed by atoms with Crippen LogP contribution in [0.25, 0.3) is 0 Å². The highest BCUT2D eigenvalue weighted by molar-refractivity contribution is 7.89. The van der Waals surface area contributed by atoms with E-state index in [1.54, 1.807) is 13.8 Å². The molecule has 0 aliphatic carbocycles. The Labute approximate surface area is 135 Å². The van der Waals surface area contributed by atoms with Crippen molar-refractivity contribution in [1.82, 2.24) is 5.32 Å². The SMILES string of the molecule is Cc1cc(C(=O)N[C@@H](CC(C)C)C(=O)O)cc(S(N)(=O)=O)c1C. The van der Waals surface area contributed by atoms with Crippen molar-refractivity contribution in [1.29, 1.82) is 0 Å². The van der Waals surface area contributed by atoms with E-state index in [9.17, 15) is 18.0 Å². The lowest BCUT2D eigenvalue weighted by Crippen LogP contribution is -2.41. The summed E-state index contributed by atoms with van der Waals surface area (Å²) in [5.74, 6) is -1.70. The molecule has 128 valence electrons. The summed E-state index contributed by atoms with van der Waals surface area (Å²) >= 11 is 0. The summed E-state index contributed by atoms with van der Waals surface area (Å²) in [5, 5.41) is 16.7. The van der Waals surface area contributed by atoms with Crippen molar-refractivity contribution in [3.8, 4) is 0 Å². The van der Waals surface area contributed by atoms with Crippen molar-refractivity contribution in [3.05, 3.63) is 28.8 Å². The molecule has 0 aliphatic rings. The highest BCUT2D eigenvalue weighted by Crippen LogP contribution is 2.20. The van der Waals surface area contributed by atoms with E-state index in [1.165, 1.54) is 12.1 Å². The highest BCUT2D eigenvalue weighted by Gasteiger charge is 2.23. The minimum absolute atomic E-state index is 0.0622. The summed E-state index contributed by atoms with van der Waals surface area (Å²) in [7, 11) is -3.97. The number of sulfonamides is 1. The van der Waals surface area contributed by atoms with Gasteiger partial charge in [0.15, 0.2) is 0 Å². The number of nitrogens with two attached hydrogens (primary N) is 1. The fraction of sp³-hybridized carbons (Fsp3) is 0.467. The van der Waals surface area contributed by atoms with Gasteiger partial charge in [-0.2, -0.15) is 0 Å². The van der Waals surface area contributed by atoms with Gasteiger partial charge in [-0.25, -0.2) is 18.4 Å². The fourth-order valence-electron chi connectivity index (χ4n) is 2.19. The zero-order chi connectivity index (χ0) is 17.9. The fourth-order valence-corrected chi connectivity index (χ4v) is 3.07. The Kier molecular flexibility index (Phi) is 5.90. The first-order valence-corrected chi connectivity index (χ1v) is 8.65. The van der Waals surface area contributed by atoms with Gasteiger partial charge in [-0.3, -0.25) is 4.79 Å². The standard InChI is InChI=1S/C15H22N2O5S/c1-8(2)5-12(15(19)20)17-14(18)11-6-9(3)10(4)13(7-11)23(16,21)22/h6-8,12H,5H2,1-4H3,(H,17,18)(H,19,20)(H2,16,21,22)/t12-/m0/s1. The van der Waals surface area contributed by atoms with Crippen LogP contribution in [0.15, 0.2) is 17.0 Å². The van der Waals surface area contributed by atoms with Crippen molar-refractivity contribution >= 4 is 21.9 Å². The van der Waals surface area contributed by atoms with Crippen LogP contribution in [0.5, 0.6) is 0 Å². The smallest absolute Gasteiger partial charge is 0.326 e. The number of carboxylic acids is 1. The lowest BCUT2D eigenvalue weighted by atomic mass is 10.0. The number of benzene rings is 1. The third-order valence-corrected chi connectivity index (χ3v) is 4.54. The van der Waals surface area contributed by atoms with Gasteiger partial charge in [-0.1, -0.05) is 13.8 Å². The minimum Gasteiger partial charge on any atom is -0.480 e. The lowest BCUT2D eigenvalue weighted by Gasteiger charge is -2.17. The van der Waals surface area contributed by atoms with E-state index in [2.05, 4.69) is 5.32 Å². The van der Waals surface area contributed by atoms with Crippen molar-refractivity contribution in [2.75, 3.05) is 0 Å². The zero-order valence-corrected chi connectivity index (χ0v) is 14.4. The van der Waals surface area contributed by atoms with E-state index in [-0.39, 0.29) is 22.8 Å². The molecule has 0 unspecified atom stereocenters. The molecule has 1 rings (SSSR count). The Morgan fingerprint density at radius 1 is 1.26 bits per heavy atom. The first-order chi connectivity index (χ1) is 10.4. The normalized spacial score (nSPS) is 13.0. The van der Waals surface area contributed by atoms with Crippen LogP contribution in [0, 0.1) is 19.8 Å². The Balaban J connectivity index is 3.18. The van der Waals surface area contributed by atoms with Gasteiger partial charge < -0.3 is 10.4 Å². The maximum Gasteiger partial charge on any atom is 0.326 e. The number of hydrogen-bond donors (Lipinski definition) is 3. The molecule has 0 saturated heterocycles. The molecule has 0 fully saturated rings. The van der Waals surface area contributed by atoms with E-state index in [0.29, 0.717) is 11.1 Å². The quantitative estimate of drug-likeness (QED) is 0.715. The number of aliphatic carboxylic acids is 1. The summed E-state index contributed by atoms with van der Waals surface area (Å²) < 4.78 is 23.2. The molecule has 1 atom stereocenters. The average molecular weight is 342 g/mol. The number of hydrogen-bond acceptors (Lipinski definition) is 4. The molecular formula is C15H22N2O5S. The Bertz CT molecular complexity index is 726. The number of carbonyl (C=O) groups is 2. The second-order valence-corrected chi connectivity index (χ2v) is 7.48. The van der Waals surface area contributed by atoms with Crippen molar-refractivity contribution in [2.24, 2.45) is 11.1 Å². The van der Waals surface area contributed by atoms with Crippen LogP contribution in [0.2, 0.25) is 0 Å². The Morgan fingerprint density at radius 3 is 2.26 bits per heavy atom. The van der Waals surface area contributed by atoms with Crippen LogP contribution >= 0.6 is 0 Å². The summed E-state index contributed by atoms with van der Waals surface area (Å²) in [6.45, 7) is 6.94. The number of carboxylic acid groups (broad SMARTS) is 1. The molecule has 8 heteroatoms. The molecular weight excluding hydrogens is 320 g/mol. The lowest BCUT2D eigenvalue weighted by molar-refractivity contribution is -0.139. The van der Waals surface area contributed by atoms with Crippen LogP contribution in [0.1, 0.15) is 41.8 Å². The number of carbonyl (C=O) groups excluding carboxylic acids is 1. The number of aryl methyl sites for hydroxylation is 1. The molecule has 4 N–H and O–H groups in total. The summed E-state index contributed by atoms with van der Waals surface area (Å²) in [5.41, 5.74) is 1.10. The number of rotatable bonds is 6. The second kappa shape index (κ2) is 7.10. The molecule has 0 bridgehead atoms. The molecule has 0 aromatic heterocycles. The number of nitrogens with one attached hydrogen (secondary N) is 1. The van der Waals surface area contributed by atoms with Crippen LogP contribution in [-0.4, -0.2) is 31.4 Å². The van der Waals surface area contributed by atoms with Gasteiger partial charge in [-0.15, -0.1) is 0 Å². The van der Waals surface area contributed by atoms with Crippen LogP contribution in [-0.2, 0) is 14.8 Å². The van der Waals surface area contributed by atoms with Gasteiger partial charge in [0, 0.05) is 5.56 Å². The molecule has 0 aliphatic heterocycles. The molecule has 23 heavy (non-hydrogen) atoms. The first-order valence-electron chi connectivity index (χ1n) is 7.11. The third-order valence-electron chi connectivity index (χ3n) is 3.50. The van der Waals surface area contributed by atoms with Crippen LogP contribution in [0.4, 0.5) is 0 Å². The zero-order valence-electron chi connectivity index (χ0n) is 13.6. The Hall–Kier alpha value is -1.93. The predicted molar refractivity (Wildman–Crippen MR) is 85.6 cm³/mol. The van der Waals surface area contributed by atoms with E-state index >= 15 is 0 Å². The molecule has 1 aromatic carbocycles. The van der Waals surface area contributed by atoms with E-state index in [1.807, 2.05) is 13.8 Å². The van der Waals surface area contributed by atoms with Gasteiger partial charge in [0.2, 0.25) is 10.0 Å². The molecule has 1 amide bonds. The maximum atomic E-state index is 12.3. The second-order valence-electron chi connectivity index (χ2n) is 5.96. The van der Waals surface area contributed by atoms with E-state index in [4.69, 9.17) is 10.2 Å². The maximum absolute atomic E-state index is 12.3. The van der Waals surface area contributed by atoms with Gasteiger partial charge >= 0.3 is 5.97 Å². The van der Waals surface area contributed by atoms with Crippen molar-refractivity contribution in [3.63, 3.8) is 0 Å². The summed E-state index contributed by atoms with van der Waals surface area (Å²) in [6, 6.07) is 1.64. The molecule has 0 heterocycles. The molecule has 7 nitrogen and oxygen atoms in total. The number of amides is 1. The van der Waals surface area contributed by atoms with Crippen LogP contribution < -0.4 is 10.5 Å². The Morgan fingerprint density at radius 2 is 1.83 bits per heavy atom. The van der Waals surface area contributed by atoms with Gasteiger partial charge in [-0.05, 0) is 49.4 Å². The summed E-state index contributed by atoms with van der Waals surface area (Å²) in [4.78, 5) is 23.4. The molecule has 0 saturated carbocycles. The summed E-state index contributed by atoms with van der Waals surface area (Å²) in [6.07, 6.45) is 0.272. The molecule has 0 radical (unpaired) electrons. The van der Waals surface area contributed by atoms with E-state index < -0.39 is 27.9 Å². The van der Waals surface area contributed by atoms with E-state index in [0.717, 1.165) is 0 Å². The van der Waals surface area contributed by atoms with Crippen molar-refractivity contribution < 1.29 is 23.1 Å². The number of primary sulfonamides is 1. The van der Waals surface area contributed by atoms with Gasteiger partial charge in [0.05, 0.1) is 4.90 Å². The first kappa shape index (κ1) is 19.1. The average Bonchev–Trinajstić information content (AvgIpc) is 2.38. The van der Waals surface area contributed by atoms with Crippen molar-refractivity contribution in [2.45, 2.75) is 45.1 Å². The highest BCUT2D eigenvalue weighted by atomic mass is 32.2. The van der Waals surface area contributed by atoms with Gasteiger partial charge in [0.25, 0.3) is 5.91 Å². The monoisotopic (exact) mass is 342 g/mol. The van der Waals surface area contributed by atoms with Gasteiger partial charge in [0.1, 0.15) is 6.04 Å². The molecule has 1 aromatic rings. The topological polar surface area (TPSA) is 127 Å². The van der Waals surface area contributed by atoms with Crippen LogP contribution in [0.3, 0.4) is 0 Å². The predicted octanol–water partition coefficient (Wildman–Crippen LogP) is 1.18. The molecule has 0 spiro atoms. The third kappa shape index (κ3) is 5.04.